The van der Waals surface area contributed by atoms with E-state index in [-0.39, 0.29) is 36.4 Å². The molecule has 2 aromatic rings. The predicted octanol–water partition coefficient (Wildman–Crippen LogP) is 3.53. The molecule has 0 aliphatic rings. The van der Waals surface area contributed by atoms with Crippen molar-refractivity contribution in [3.8, 4) is 0 Å². The first-order valence-electron chi connectivity index (χ1n) is 10.7. The van der Waals surface area contributed by atoms with E-state index in [1.54, 1.807) is 6.92 Å². The minimum Gasteiger partial charge on any atom is -0.370 e. The van der Waals surface area contributed by atoms with Gasteiger partial charge in [-0.15, -0.1) is 0 Å². The van der Waals surface area contributed by atoms with Gasteiger partial charge in [-0.05, 0) is 45.2 Å². The van der Waals surface area contributed by atoms with Crippen LogP contribution in [0.5, 0.6) is 0 Å². The SMILES string of the molecule is CC(C)N[C@@](C)(CCC(N)=O)C(=O)C[C@@H](Cc1c[nH]c2ccccc12)C(=O)C(C)C. The Bertz CT molecular complexity index is 900. The fraction of sp³-hybridized carbons (Fsp3) is 0.542. The molecule has 2 rings (SSSR count). The first-order chi connectivity index (χ1) is 14.0. The molecule has 0 radical (unpaired) electrons. The van der Waals surface area contributed by atoms with Gasteiger partial charge in [0.1, 0.15) is 5.78 Å². The highest BCUT2D eigenvalue weighted by Gasteiger charge is 2.36. The molecule has 6 nitrogen and oxygen atoms in total. The molecule has 0 saturated heterocycles. The zero-order valence-corrected chi connectivity index (χ0v) is 18.7. The molecule has 0 spiro atoms. The molecule has 0 bridgehead atoms. The average Bonchev–Trinajstić information content (AvgIpc) is 3.07. The number of H-pyrrole nitrogens is 1. The summed E-state index contributed by atoms with van der Waals surface area (Å²) in [6.45, 7) is 9.46. The summed E-state index contributed by atoms with van der Waals surface area (Å²) in [4.78, 5) is 40.9. The number of aromatic nitrogens is 1. The monoisotopic (exact) mass is 413 g/mol. The normalized spacial score (nSPS) is 14.8. The number of hydrogen-bond acceptors (Lipinski definition) is 4. The smallest absolute Gasteiger partial charge is 0.217 e. The Morgan fingerprint density at radius 1 is 1.13 bits per heavy atom. The summed E-state index contributed by atoms with van der Waals surface area (Å²) in [7, 11) is 0. The molecule has 164 valence electrons. The van der Waals surface area contributed by atoms with Crippen molar-refractivity contribution in [2.45, 2.75) is 71.9 Å². The molecule has 0 fully saturated rings. The lowest BCUT2D eigenvalue weighted by Crippen LogP contribution is -2.53. The van der Waals surface area contributed by atoms with Crippen molar-refractivity contribution in [1.82, 2.24) is 10.3 Å². The number of hydrogen-bond donors (Lipinski definition) is 3. The quantitative estimate of drug-likeness (QED) is 0.495. The molecule has 1 aromatic carbocycles. The van der Waals surface area contributed by atoms with E-state index in [0.29, 0.717) is 12.8 Å². The van der Waals surface area contributed by atoms with E-state index >= 15 is 0 Å². The second-order valence-electron chi connectivity index (χ2n) is 9.04. The van der Waals surface area contributed by atoms with E-state index in [4.69, 9.17) is 5.73 Å². The van der Waals surface area contributed by atoms with Gasteiger partial charge in [0.25, 0.3) is 0 Å². The Hall–Kier alpha value is -2.47. The summed E-state index contributed by atoms with van der Waals surface area (Å²) < 4.78 is 0. The average molecular weight is 414 g/mol. The highest BCUT2D eigenvalue weighted by Crippen LogP contribution is 2.27. The number of benzene rings is 1. The Kier molecular flexibility index (Phi) is 7.96. The molecular formula is C24H35N3O3. The maximum absolute atomic E-state index is 13.4. The minimum absolute atomic E-state index is 0.0553. The molecular weight excluding hydrogens is 378 g/mol. The fourth-order valence-electron chi connectivity index (χ4n) is 4.06. The van der Waals surface area contributed by atoms with Crippen LogP contribution in [0.3, 0.4) is 0 Å². The highest BCUT2D eigenvalue weighted by molar-refractivity contribution is 5.94. The van der Waals surface area contributed by atoms with Crippen LogP contribution in [0.4, 0.5) is 0 Å². The van der Waals surface area contributed by atoms with E-state index in [1.807, 2.05) is 58.2 Å². The minimum atomic E-state index is -0.904. The molecule has 30 heavy (non-hydrogen) atoms. The number of ketones is 2. The number of rotatable bonds is 12. The van der Waals surface area contributed by atoms with Crippen LogP contribution in [0.25, 0.3) is 10.9 Å². The third kappa shape index (κ3) is 6.02. The molecule has 1 heterocycles. The van der Waals surface area contributed by atoms with Crippen LogP contribution in [0.1, 0.15) is 59.4 Å². The zero-order valence-electron chi connectivity index (χ0n) is 18.7. The molecule has 4 N–H and O–H groups in total. The van der Waals surface area contributed by atoms with Gasteiger partial charge in [0.15, 0.2) is 5.78 Å². The van der Waals surface area contributed by atoms with Crippen molar-refractivity contribution in [3.63, 3.8) is 0 Å². The Morgan fingerprint density at radius 2 is 1.80 bits per heavy atom. The van der Waals surface area contributed by atoms with Gasteiger partial charge in [0, 0.05) is 47.8 Å². The maximum Gasteiger partial charge on any atom is 0.217 e. The van der Waals surface area contributed by atoms with Crippen molar-refractivity contribution in [1.29, 1.82) is 0 Å². The van der Waals surface area contributed by atoms with Crippen LogP contribution in [0.15, 0.2) is 30.5 Å². The third-order valence-corrected chi connectivity index (χ3v) is 5.64. The number of nitrogens with two attached hydrogens (primary N) is 1. The highest BCUT2D eigenvalue weighted by atomic mass is 16.1. The van der Waals surface area contributed by atoms with Crippen molar-refractivity contribution in [2.75, 3.05) is 0 Å². The van der Waals surface area contributed by atoms with Crippen LogP contribution in [0, 0.1) is 11.8 Å². The number of nitrogens with one attached hydrogen (secondary N) is 2. The first kappa shape index (κ1) is 23.8. The van der Waals surface area contributed by atoms with Crippen molar-refractivity contribution in [2.24, 2.45) is 17.6 Å². The third-order valence-electron chi connectivity index (χ3n) is 5.64. The number of Topliss-reactive ketones (excluding diaryl/α,β-unsaturated/α-hetero) is 2. The molecule has 1 aromatic heterocycles. The fourth-order valence-corrected chi connectivity index (χ4v) is 4.06. The van der Waals surface area contributed by atoms with Gasteiger partial charge >= 0.3 is 0 Å². The maximum atomic E-state index is 13.4. The topological polar surface area (TPSA) is 105 Å². The van der Waals surface area contributed by atoms with Crippen LogP contribution >= 0.6 is 0 Å². The van der Waals surface area contributed by atoms with Crippen LogP contribution in [-0.4, -0.2) is 34.0 Å². The second kappa shape index (κ2) is 10.0. The standard InChI is InChI=1S/C24H35N3O3/c1-15(2)23(30)17(12-18-14-26-20-9-7-6-8-19(18)20)13-21(28)24(5,27-16(3)4)11-10-22(25)29/h6-9,14-17,26-27H,10-13H2,1-5H3,(H2,25,29)/t17-,24+/m1/s1. The lowest BCUT2D eigenvalue weighted by atomic mass is 9.80. The van der Waals surface area contributed by atoms with Gasteiger partial charge in [0.05, 0.1) is 5.54 Å². The number of aromatic amines is 1. The van der Waals surface area contributed by atoms with E-state index in [1.165, 1.54) is 0 Å². The van der Waals surface area contributed by atoms with Gasteiger partial charge in [-0.1, -0.05) is 32.0 Å². The largest absolute Gasteiger partial charge is 0.370 e. The summed E-state index contributed by atoms with van der Waals surface area (Å²) in [5, 5.41) is 4.37. The lowest BCUT2D eigenvalue weighted by Gasteiger charge is -2.33. The van der Waals surface area contributed by atoms with Crippen LogP contribution in [0.2, 0.25) is 0 Å². The van der Waals surface area contributed by atoms with Gasteiger partial charge in [-0.2, -0.15) is 0 Å². The number of primary amides is 1. The molecule has 1 amide bonds. The first-order valence-corrected chi connectivity index (χ1v) is 10.7. The predicted molar refractivity (Wildman–Crippen MR) is 120 cm³/mol. The lowest BCUT2D eigenvalue weighted by molar-refractivity contribution is -0.133. The van der Waals surface area contributed by atoms with E-state index in [9.17, 15) is 14.4 Å². The molecule has 6 heteroatoms. The van der Waals surface area contributed by atoms with Crippen molar-refractivity contribution >= 4 is 28.4 Å². The summed E-state index contributed by atoms with van der Waals surface area (Å²) in [5.41, 5.74) is 6.47. The van der Waals surface area contributed by atoms with Crippen molar-refractivity contribution < 1.29 is 14.4 Å². The van der Waals surface area contributed by atoms with Crippen LogP contribution in [-0.2, 0) is 20.8 Å². The number of carbonyl (C=O) groups excluding carboxylic acids is 3. The summed E-state index contributed by atoms with van der Waals surface area (Å²) in [6, 6.07) is 8.01. The van der Waals surface area contributed by atoms with Gasteiger partial charge in [-0.3, -0.25) is 14.4 Å². The summed E-state index contributed by atoms with van der Waals surface area (Å²) in [5.74, 6) is -0.999. The van der Waals surface area contributed by atoms with Crippen molar-refractivity contribution in [3.05, 3.63) is 36.0 Å². The summed E-state index contributed by atoms with van der Waals surface area (Å²) >= 11 is 0. The number of para-hydroxylation sites is 1. The zero-order chi connectivity index (χ0) is 22.5. The Morgan fingerprint density at radius 3 is 2.40 bits per heavy atom. The molecule has 0 aliphatic carbocycles. The van der Waals surface area contributed by atoms with Gasteiger partial charge in [-0.25, -0.2) is 0 Å². The van der Waals surface area contributed by atoms with Gasteiger partial charge < -0.3 is 16.0 Å². The number of carbonyl (C=O) groups is 3. The van der Waals surface area contributed by atoms with Gasteiger partial charge in [0.2, 0.25) is 5.91 Å². The molecule has 2 atom stereocenters. The number of fused-ring (bicyclic) bond motifs is 1. The van der Waals surface area contributed by atoms with Crippen LogP contribution < -0.4 is 11.1 Å². The van der Waals surface area contributed by atoms with E-state index in [2.05, 4.69) is 10.3 Å². The molecule has 0 unspecified atom stereocenters. The van der Waals surface area contributed by atoms with E-state index in [0.717, 1.165) is 16.5 Å². The Balaban J connectivity index is 2.28. The Labute approximate surface area is 179 Å². The summed E-state index contributed by atoms with van der Waals surface area (Å²) in [6.07, 6.45) is 2.99. The molecule has 0 aliphatic heterocycles. The molecule has 0 saturated carbocycles. The number of amides is 1. The second-order valence-corrected chi connectivity index (χ2v) is 9.04. The van der Waals surface area contributed by atoms with E-state index < -0.39 is 17.4 Å².